The number of aromatic nitrogens is 1. The molecule has 21 heavy (non-hydrogen) atoms. The van der Waals surface area contributed by atoms with E-state index in [1.54, 1.807) is 0 Å². The van der Waals surface area contributed by atoms with Crippen molar-refractivity contribution >= 4 is 28.2 Å². The zero-order valence-corrected chi connectivity index (χ0v) is 12.6. The second kappa shape index (κ2) is 5.70. The molecule has 0 bridgehead atoms. The van der Waals surface area contributed by atoms with E-state index in [9.17, 15) is 0 Å². The van der Waals surface area contributed by atoms with Crippen LogP contribution < -0.4 is 10.5 Å². The Kier molecular flexibility index (Phi) is 3.76. The number of nitrogen functional groups attached to an aromatic ring is 1. The molecule has 0 fully saturated rings. The van der Waals surface area contributed by atoms with Gasteiger partial charge in [-0.05, 0) is 31.2 Å². The molecular weight excluding hydrogens is 284 g/mol. The van der Waals surface area contributed by atoms with E-state index in [0.717, 1.165) is 28.7 Å². The summed E-state index contributed by atoms with van der Waals surface area (Å²) in [6.07, 6.45) is 2.10. The lowest BCUT2D eigenvalue weighted by molar-refractivity contribution is 0.307. The Labute approximate surface area is 128 Å². The minimum Gasteiger partial charge on any atom is -0.487 e. The zero-order valence-electron chi connectivity index (χ0n) is 11.8. The van der Waals surface area contributed by atoms with Crippen LogP contribution in [-0.4, -0.2) is 4.57 Å². The van der Waals surface area contributed by atoms with Crippen LogP contribution in [0.4, 0.5) is 5.69 Å². The van der Waals surface area contributed by atoms with Gasteiger partial charge in [-0.2, -0.15) is 0 Å². The summed E-state index contributed by atoms with van der Waals surface area (Å²) >= 11 is 6.12. The fourth-order valence-corrected chi connectivity index (χ4v) is 2.75. The van der Waals surface area contributed by atoms with Crippen molar-refractivity contribution in [2.24, 2.45) is 0 Å². The van der Waals surface area contributed by atoms with Crippen molar-refractivity contribution in [3.63, 3.8) is 0 Å². The first-order valence-electron chi connectivity index (χ1n) is 6.94. The predicted molar refractivity (Wildman–Crippen MR) is 87.8 cm³/mol. The second-order valence-corrected chi connectivity index (χ2v) is 5.31. The summed E-state index contributed by atoms with van der Waals surface area (Å²) in [4.78, 5) is 0. The third-order valence-corrected chi connectivity index (χ3v) is 3.89. The Morgan fingerprint density at radius 1 is 1.14 bits per heavy atom. The van der Waals surface area contributed by atoms with Crippen LogP contribution in [-0.2, 0) is 13.2 Å². The van der Waals surface area contributed by atoms with Gasteiger partial charge in [0, 0.05) is 29.4 Å². The Morgan fingerprint density at radius 2 is 1.95 bits per heavy atom. The van der Waals surface area contributed by atoms with Gasteiger partial charge in [0.1, 0.15) is 12.4 Å². The maximum absolute atomic E-state index is 6.13. The Hall–Kier alpha value is -2.13. The van der Waals surface area contributed by atoms with E-state index >= 15 is 0 Å². The van der Waals surface area contributed by atoms with Crippen LogP contribution >= 0.6 is 11.6 Å². The number of aryl methyl sites for hydroxylation is 1. The zero-order chi connectivity index (χ0) is 14.8. The quantitative estimate of drug-likeness (QED) is 0.722. The molecule has 0 unspecified atom stereocenters. The summed E-state index contributed by atoms with van der Waals surface area (Å²) in [5.41, 5.74) is 9.11. The first-order valence-corrected chi connectivity index (χ1v) is 7.32. The van der Waals surface area contributed by atoms with Crippen LogP contribution in [0.15, 0.2) is 48.7 Å². The largest absolute Gasteiger partial charge is 0.487 e. The van der Waals surface area contributed by atoms with Crippen molar-refractivity contribution in [3.8, 4) is 5.75 Å². The average molecular weight is 301 g/mol. The van der Waals surface area contributed by atoms with Crippen molar-refractivity contribution in [3.05, 3.63) is 59.2 Å². The molecule has 2 N–H and O–H groups in total. The maximum Gasteiger partial charge on any atom is 0.138 e. The van der Waals surface area contributed by atoms with Gasteiger partial charge in [0.15, 0.2) is 0 Å². The van der Waals surface area contributed by atoms with E-state index < -0.39 is 0 Å². The third kappa shape index (κ3) is 2.57. The van der Waals surface area contributed by atoms with Gasteiger partial charge < -0.3 is 15.0 Å². The standard InChI is InChI=1S/C17H17ClN2O/c1-2-20-10-12(17-14(19)7-5-8-15(17)20)11-21-16-9-4-3-6-13(16)18/h3-10H,2,11,19H2,1H3. The molecule has 0 aliphatic heterocycles. The van der Waals surface area contributed by atoms with E-state index in [1.165, 1.54) is 0 Å². The molecule has 0 saturated heterocycles. The molecule has 4 heteroatoms. The number of hydrogen-bond donors (Lipinski definition) is 1. The van der Waals surface area contributed by atoms with Gasteiger partial charge >= 0.3 is 0 Å². The molecule has 2 aromatic carbocycles. The van der Waals surface area contributed by atoms with Gasteiger partial charge in [-0.15, -0.1) is 0 Å². The highest BCUT2D eigenvalue weighted by molar-refractivity contribution is 6.32. The van der Waals surface area contributed by atoms with E-state index in [2.05, 4.69) is 23.8 Å². The molecule has 0 atom stereocenters. The first kappa shape index (κ1) is 13.8. The molecule has 0 radical (unpaired) electrons. The first-order chi connectivity index (χ1) is 10.2. The number of nitrogens with zero attached hydrogens (tertiary/aromatic N) is 1. The number of halogens is 1. The van der Waals surface area contributed by atoms with Crippen molar-refractivity contribution in [1.82, 2.24) is 4.57 Å². The molecule has 0 amide bonds. The number of rotatable bonds is 4. The van der Waals surface area contributed by atoms with Gasteiger partial charge in [-0.1, -0.05) is 29.8 Å². The molecule has 3 rings (SSSR count). The number of benzene rings is 2. The number of nitrogens with two attached hydrogens (primary N) is 1. The molecule has 1 heterocycles. The lowest BCUT2D eigenvalue weighted by Crippen LogP contribution is -1.96. The van der Waals surface area contributed by atoms with Crippen molar-refractivity contribution in [2.75, 3.05) is 5.73 Å². The van der Waals surface area contributed by atoms with Crippen molar-refractivity contribution in [1.29, 1.82) is 0 Å². The molecule has 108 valence electrons. The van der Waals surface area contributed by atoms with Crippen LogP contribution in [0.2, 0.25) is 5.02 Å². The highest BCUT2D eigenvalue weighted by Gasteiger charge is 2.11. The molecule has 3 aromatic rings. The molecule has 3 nitrogen and oxygen atoms in total. The molecule has 0 aliphatic carbocycles. The van der Waals surface area contributed by atoms with Crippen molar-refractivity contribution < 1.29 is 4.74 Å². The average Bonchev–Trinajstić information content (AvgIpc) is 2.86. The second-order valence-electron chi connectivity index (χ2n) is 4.90. The predicted octanol–water partition coefficient (Wildman–Crippen LogP) is 4.48. The molecule has 1 aromatic heterocycles. The summed E-state index contributed by atoms with van der Waals surface area (Å²) in [5, 5.41) is 1.68. The molecular formula is C17H17ClN2O. The maximum atomic E-state index is 6.13. The van der Waals surface area contributed by atoms with Gasteiger partial charge in [-0.25, -0.2) is 0 Å². The number of para-hydroxylation sites is 1. The van der Waals surface area contributed by atoms with Gasteiger partial charge in [0.05, 0.1) is 10.5 Å². The molecule has 0 aliphatic rings. The Bertz CT molecular complexity index is 780. The minimum absolute atomic E-state index is 0.446. The van der Waals surface area contributed by atoms with Crippen LogP contribution in [0.3, 0.4) is 0 Å². The molecule has 0 spiro atoms. The Balaban J connectivity index is 1.96. The van der Waals surface area contributed by atoms with Crippen LogP contribution in [0.1, 0.15) is 12.5 Å². The normalized spacial score (nSPS) is 11.0. The number of fused-ring (bicyclic) bond motifs is 1. The van der Waals surface area contributed by atoms with Gasteiger partial charge in [0.25, 0.3) is 0 Å². The van der Waals surface area contributed by atoms with Gasteiger partial charge in [0.2, 0.25) is 0 Å². The summed E-state index contributed by atoms with van der Waals surface area (Å²) in [6.45, 7) is 3.45. The monoisotopic (exact) mass is 300 g/mol. The number of anilines is 1. The summed E-state index contributed by atoms with van der Waals surface area (Å²) in [6, 6.07) is 13.4. The van der Waals surface area contributed by atoms with E-state index in [4.69, 9.17) is 22.1 Å². The van der Waals surface area contributed by atoms with E-state index in [0.29, 0.717) is 17.4 Å². The third-order valence-electron chi connectivity index (χ3n) is 3.58. The minimum atomic E-state index is 0.446. The highest BCUT2D eigenvalue weighted by atomic mass is 35.5. The van der Waals surface area contributed by atoms with Crippen LogP contribution in [0.25, 0.3) is 10.9 Å². The van der Waals surface area contributed by atoms with Crippen LogP contribution in [0, 0.1) is 0 Å². The lowest BCUT2D eigenvalue weighted by Gasteiger charge is -2.07. The topological polar surface area (TPSA) is 40.2 Å². The SMILES string of the molecule is CCn1cc(COc2ccccc2Cl)c2c(N)cccc21. The summed E-state index contributed by atoms with van der Waals surface area (Å²) < 4.78 is 8.02. The van der Waals surface area contributed by atoms with Crippen LogP contribution in [0.5, 0.6) is 5.75 Å². The van der Waals surface area contributed by atoms with E-state index in [1.807, 2.05) is 36.4 Å². The fourth-order valence-electron chi connectivity index (χ4n) is 2.56. The fraction of sp³-hybridized carbons (Fsp3) is 0.176. The lowest BCUT2D eigenvalue weighted by atomic mass is 10.1. The summed E-state index contributed by atoms with van der Waals surface area (Å²) in [5.74, 6) is 0.686. The number of hydrogen-bond acceptors (Lipinski definition) is 2. The summed E-state index contributed by atoms with van der Waals surface area (Å²) in [7, 11) is 0. The van der Waals surface area contributed by atoms with Gasteiger partial charge in [-0.3, -0.25) is 0 Å². The number of ether oxygens (including phenoxy) is 1. The Morgan fingerprint density at radius 3 is 2.71 bits per heavy atom. The van der Waals surface area contributed by atoms with E-state index in [-0.39, 0.29) is 0 Å². The smallest absolute Gasteiger partial charge is 0.138 e. The highest BCUT2D eigenvalue weighted by Crippen LogP contribution is 2.29. The van der Waals surface area contributed by atoms with Crippen molar-refractivity contribution in [2.45, 2.75) is 20.1 Å². The molecule has 0 saturated carbocycles.